The van der Waals surface area contributed by atoms with Gasteiger partial charge >= 0.3 is 5.97 Å². The number of esters is 1. The second-order valence-electron chi connectivity index (χ2n) is 7.84. The van der Waals surface area contributed by atoms with Crippen LogP contribution in [0.15, 0.2) is 63.7 Å². The predicted molar refractivity (Wildman–Crippen MR) is 116 cm³/mol. The van der Waals surface area contributed by atoms with Gasteiger partial charge in [-0.3, -0.25) is 9.79 Å². The van der Waals surface area contributed by atoms with Crippen LogP contribution in [0.1, 0.15) is 60.8 Å². The highest BCUT2D eigenvalue weighted by Crippen LogP contribution is 2.40. The first-order valence-corrected chi connectivity index (χ1v) is 9.76. The second kappa shape index (κ2) is 11.5. The Balaban J connectivity index is 2.56. The Labute approximate surface area is 165 Å². The van der Waals surface area contributed by atoms with Crippen molar-refractivity contribution in [1.82, 2.24) is 0 Å². The van der Waals surface area contributed by atoms with Crippen LogP contribution in [0.4, 0.5) is 0 Å². The maximum absolute atomic E-state index is 10.6. The number of nitrogens with zero attached hydrogens (tertiary/aromatic N) is 1. The molecule has 0 fully saturated rings. The van der Waals surface area contributed by atoms with Crippen molar-refractivity contribution in [3.8, 4) is 0 Å². The van der Waals surface area contributed by atoms with Crippen LogP contribution >= 0.6 is 0 Å². The number of hydrogen-bond acceptors (Lipinski definition) is 3. The van der Waals surface area contributed by atoms with Crippen LogP contribution in [-0.4, -0.2) is 25.3 Å². The Morgan fingerprint density at radius 3 is 2.52 bits per heavy atom. The molecular formula is C24H35NO2. The van der Waals surface area contributed by atoms with Gasteiger partial charge in [-0.05, 0) is 62.7 Å². The van der Waals surface area contributed by atoms with Crippen LogP contribution in [0, 0.1) is 5.41 Å². The summed E-state index contributed by atoms with van der Waals surface area (Å²) in [5, 5.41) is 0. The molecule has 0 N–H and O–H groups in total. The molecule has 0 amide bonds. The molecule has 0 radical (unpaired) electrons. The molecule has 0 spiro atoms. The Morgan fingerprint density at radius 2 is 1.85 bits per heavy atom. The molecule has 0 heterocycles. The van der Waals surface area contributed by atoms with E-state index in [0.717, 1.165) is 5.57 Å². The lowest BCUT2D eigenvalue weighted by Gasteiger charge is -2.32. The van der Waals surface area contributed by atoms with Crippen LogP contribution in [-0.2, 0) is 9.53 Å². The summed E-state index contributed by atoms with van der Waals surface area (Å²) in [6, 6.07) is 0. The van der Waals surface area contributed by atoms with Gasteiger partial charge in [0.2, 0.25) is 0 Å². The lowest BCUT2D eigenvalue weighted by molar-refractivity contribution is -0.140. The number of rotatable bonds is 8. The van der Waals surface area contributed by atoms with Gasteiger partial charge in [0.05, 0.1) is 6.54 Å². The number of carbonyl (C=O) groups is 1. The van der Waals surface area contributed by atoms with E-state index >= 15 is 0 Å². The van der Waals surface area contributed by atoms with Crippen molar-refractivity contribution in [2.75, 3.05) is 13.2 Å². The molecule has 0 unspecified atom stereocenters. The summed E-state index contributed by atoms with van der Waals surface area (Å²) in [7, 11) is 0. The molecule has 3 heteroatoms. The maximum Gasteiger partial charge on any atom is 0.302 e. The number of allylic oxidation sites excluding steroid dienone is 10. The highest BCUT2D eigenvalue weighted by Gasteiger charge is 2.26. The lowest BCUT2D eigenvalue weighted by Crippen LogP contribution is -2.19. The van der Waals surface area contributed by atoms with Gasteiger partial charge in [0.1, 0.15) is 6.61 Å². The Morgan fingerprint density at radius 1 is 1.15 bits per heavy atom. The molecule has 0 bridgehead atoms. The average molecular weight is 370 g/mol. The molecule has 1 aliphatic rings. The third-order valence-electron chi connectivity index (χ3n) is 4.74. The highest BCUT2D eigenvalue weighted by atomic mass is 16.5. The summed E-state index contributed by atoms with van der Waals surface area (Å²) in [6.07, 6.45) is 18.2. The van der Waals surface area contributed by atoms with Gasteiger partial charge in [-0.25, -0.2) is 0 Å². The first-order chi connectivity index (χ1) is 12.7. The van der Waals surface area contributed by atoms with Crippen LogP contribution in [0.3, 0.4) is 0 Å². The summed E-state index contributed by atoms with van der Waals surface area (Å²) in [6.45, 7) is 13.3. The van der Waals surface area contributed by atoms with Gasteiger partial charge in [-0.15, -0.1) is 0 Å². The van der Waals surface area contributed by atoms with Crippen molar-refractivity contribution in [2.24, 2.45) is 10.4 Å². The third-order valence-corrected chi connectivity index (χ3v) is 4.74. The molecule has 3 nitrogen and oxygen atoms in total. The van der Waals surface area contributed by atoms with Gasteiger partial charge in [-0.2, -0.15) is 0 Å². The molecule has 0 saturated heterocycles. The van der Waals surface area contributed by atoms with E-state index in [1.54, 1.807) is 6.21 Å². The molecule has 0 aliphatic heterocycles. The van der Waals surface area contributed by atoms with Crippen molar-refractivity contribution < 1.29 is 9.53 Å². The molecule has 1 aliphatic carbocycles. The van der Waals surface area contributed by atoms with Gasteiger partial charge in [0, 0.05) is 13.1 Å². The Hall–Kier alpha value is -2.16. The third kappa shape index (κ3) is 9.37. The SMILES string of the molecule is CC(=O)OCCN=CC=C(C)C=CC=C(C)C=CC1=C(C)CCCC1(C)C. The lowest BCUT2D eigenvalue weighted by atomic mass is 9.72. The van der Waals surface area contributed by atoms with E-state index in [0.29, 0.717) is 13.2 Å². The Kier molecular flexibility index (Phi) is 9.77. The first-order valence-electron chi connectivity index (χ1n) is 9.76. The fraction of sp³-hybridized carbons (Fsp3) is 0.500. The van der Waals surface area contributed by atoms with Crippen molar-refractivity contribution >= 4 is 12.2 Å². The molecule has 27 heavy (non-hydrogen) atoms. The van der Waals surface area contributed by atoms with E-state index in [9.17, 15) is 4.79 Å². The number of hydrogen-bond donors (Lipinski definition) is 0. The van der Waals surface area contributed by atoms with E-state index < -0.39 is 0 Å². The summed E-state index contributed by atoms with van der Waals surface area (Å²) in [5.74, 6) is -0.269. The monoisotopic (exact) mass is 369 g/mol. The normalized spacial score (nSPS) is 18.9. The molecule has 0 saturated carbocycles. The van der Waals surface area contributed by atoms with E-state index in [1.165, 1.54) is 42.9 Å². The fourth-order valence-corrected chi connectivity index (χ4v) is 3.17. The van der Waals surface area contributed by atoms with Crippen molar-refractivity contribution in [3.05, 3.63) is 58.7 Å². The van der Waals surface area contributed by atoms with Crippen LogP contribution < -0.4 is 0 Å². The van der Waals surface area contributed by atoms with Crippen molar-refractivity contribution in [1.29, 1.82) is 0 Å². The largest absolute Gasteiger partial charge is 0.464 e. The van der Waals surface area contributed by atoms with Gasteiger partial charge in [0.25, 0.3) is 0 Å². The van der Waals surface area contributed by atoms with E-state index in [-0.39, 0.29) is 11.4 Å². The molecule has 0 aromatic rings. The summed E-state index contributed by atoms with van der Waals surface area (Å²) < 4.78 is 4.82. The van der Waals surface area contributed by atoms with Crippen LogP contribution in [0.5, 0.6) is 0 Å². The summed E-state index contributed by atoms with van der Waals surface area (Å²) in [4.78, 5) is 14.8. The van der Waals surface area contributed by atoms with Gasteiger partial charge in [0.15, 0.2) is 0 Å². The second-order valence-corrected chi connectivity index (χ2v) is 7.84. The highest BCUT2D eigenvalue weighted by molar-refractivity contribution is 5.72. The Bertz CT molecular complexity index is 685. The number of aliphatic imine (C=N–C) groups is 1. The van der Waals surface area contributed by atoms with Crippen molar-refractivity contribution in [3.63, 3.8) is 0 Å². The average Bonchev–Trinajstić information content (AvgIpc) is 2.56. The standard InChI is InChI=1S/C24H35NO2/c1-19(12-13-23-21(3)11-8-15-24(23,5)6)9-7-10-20(2)14-16-25-17-18-27-22(4)26/h7,9-10,12-14,16H,8,11,15,17-18H2,1-6H3. The predicted octanol–water partition coefficient (Wildman–Crippen LogP) is 6.15. The molecule has 0 atom stereocenters. The minimum atomic E-state index is -0.269. The smallest absolute Gasteiger partial charge is 0.302 e. The van der Waals surface area contributed by atoms with Crippen LogP contribution in [0.2, 0.25) is 0 Å². The molecular weight excluding hydrogens is 334 g/mol. The zero-order chi connectivity index (χ0) is 20.3. The minimum Gasteiger partial charge on any atom is -0.464 e. The van der Waals surface area contributed by atoms with Gasteiger partial charge < -0.3 is 4.74 Å². The molecule has 1 rings (SSSR count). The summed E-state index contributed by atoms with van der Waals surface area (Å²) >= 11 is 0. The molecule has 148 valence electrons. The fourth-order valence-electron chi connectivity index (χ4n) is 3.17. The topological polar surface area (TPSA) is 38.7 Å². The minimum absolute atomic E-state index is 0.269. The van der Waals surface area contributed by atoms with Gasteiger partial charge in [-0.1, -0.05) is 55.4 Å². The van der Waals surface area contributed by atoms with Crippen molar-refractivity contribution in [2.45, 2.75) is 60.8 Å². The van der Waals surface area contributed by atoms with Crippen LogP contribution in [0.25, 0.3) is 0 Å². The zero-order valence-electron chi connectivity index (χ0n) is 17.8. The zero-order valence-corrected chi connectivity index (χ0v) is 17.8. The van der Waals surface area contributed by atoms with E-state index in [4.69, 9.17) is 4.74 Å². The summed E-state index contributed by atoms with van der Waals surface area (Å²) in [5.41, 5.74) is 5.65. The van der Waals surface area contributed by atoms with E-state index in [1.807, 2.05) is 13.0 Å². The molecule has 0 aromatic heterocycles. The number of ether oxygens (including phenoxy) is 1. The quantitative estimate of drug-likeness (QED) is 0.223. The first kappa shape index (κ1) is 22.9. The van der Waals surface area contributed by atoms with E-state index in [2.05, 4.69) is 63.1 Å². The number of carbonyl (C=O) groups excluding carboxylic acids is 1. The molecule has 0 aromatic carbocycles. The maximum atomic E-state index is 10.6.